The van der Waals surface area contributed by atoms with Crippen molar-refractivity contribution in [1.82, 2.24) is 5.32 Å². The minimum atomic E-state index is -1.06. The van der Waals surface area contributed by atoms with Crippen molar-refractivity contribution in [2.75, 3.05) is 0 Å². The molecule has 2 aromatic rings. The molecule has 0 spiro atoms. The summed E-state index contributed by atoms with van der Waals surface area (Å²) in [5.41, 5.74) is 0.131. The predicted molar refractivity (Wildman–Crippen MR) is 87.1 cm³/mol. The number of carboxylic acid groups (broad SMARTS) is 1. The van der Waals surface area contributed by atoms with Gasteiger partial charge in [0.1, 0.15) is 11.6 Å². The third-order valence-corrected chi connectivity index (χ3v) is 4.57. The first-order valence-electron chi connectivity index (χ1n) is 7.98. The zero-order valence-electron chi connectivity index (χ0n) is 13.4. The third kappa shape index (κ3) is 3.52. The summed E-state index contributed by atoms with van der Waals surface area (Å²) in [4.78, 5) is 23.4. The van der Waals surface area contributed by atoms with Gasteiger partial charge in [0.05, 0.1) is 17.5 Å². The van der Waals surface area contributed by atoms with Crippen LogP contribution in [0.5, 0.6) is 0 Å². The lowest BCUT2D eigenvalue weighted by Gasteiger charge is -2.43. The first-order valence-corrected chi connectivity index (χ1v) is 7.98. The molecule has 1 aliphatic carbocycles. The molecule has 0 aliphatic heterocycles. The first kappa shape index (κ1) is 17.1. The number of hydrogen-bond donors (Lipinski definition) is 2. The Balaban J connectivity index is 1.77. The third-order valence-electron chi connectivity index (χ3n) is 4.57. The summed E-state index contributed by atoms with van der Waals surface area (Å²) in [7, 11) is 0. The van der Waals surface area contributed by atoms with Crippen LogP contribution in [0.2, 0.25) is 0 Å². The van der Waals surface area contributed by atoms with Crippen LogP contribution < -0.4 is 5.32 Å². The van der Waals surface area contributed by atoms with Gasteiger partial charge in [0.25, 0.3) is 0 Å². The Kier molecular flexibility index (Phi) is 4.53. The highest BCUT2D eigenvalue weighted by Gasteiger charge is 2.41. The lowest BCUT2D eigenvalue weighted by molar-refractivity contribution is -0.123. The number of hydrogen-bond acceptors (Lipinski definition) is 2. The second-order valence-electron chi connectivity index (χ2n) is 6.29. The normalized spacial score (nSPS) is 15.3. The van der Waals surface area contributed by atoms with Gasteiger partial charge in [0.15, 0.2) is 0 Å². The molecule has 0 aromatic heterocycles. The van der Waals surface area contributed by atoms with E-state index in [1.54, 1.807) is 12.1 Å². The quantitative estimate of drug-likeness (QED) is 0.873. The molecular formula is C19H17F2NO3. The first-order chi connectivity index (χ1) is 11.9. The number of carbonyl (C=O) groups excluding carboxylic acids is 1. The lowest BCUT2D eigenvalue weighted by atomic mass is 9.71. The van der Waals surface area contributed by atoms with Crippen molar-refractivity contribution >= 4 is 11.9 Å². The second kappa shape index (κ2) is 6.63. The van der Waals surface area contributed by atoms with E-state index in [9.17, 15) is 18.4 Å². The minimum absolute atomic E-state index is 0.00825. The van der Waals surface area contributed by atoms with E-state index in [1.807, 2.05) is 0 Å². The Morgan fingerprint density at radius 1 is 1.12 bits per heavy atom. The van der Waals surface area contributed by atoms with Gasteiger partial charge in [-0.3, -0.25) is 4.79 Å². The number of carbonyl (C=O) groups is 2. The zero-order chi connectivity index (χ0) is 18.0. The largest absolute Gasteiger partial charge is 0.478 e. The fourth-order valence-electron chi connectivity index (χ4n) is 3.18. The van der Waals surface area contributed by atoms with Gasteiger partial charge < -0.3 is 10.4 Å². The monoisotopic (exact) mass is 345 g/mol. The van der Waals surface area contributed by atoms with E-state index in [-0.39, 0.29) is 23.5 Å². The Labute approximate surface area is 143 Å². The van der Waals surface area contributed by atoms with E-state index in [0.717, 1.165) is 12.5 Å². The molecule has 0 atom stereocenters. The Morgan fingerprint density at radius 3 is 2.48 bits per heavy atom. The van der Waals surface area contributed by atoms with Gasteiger partial charge in [0, 0.05) is 11.6 Å². The van der Waals surface area contributed by atoms with Crippen molar-refractivity contribution in [3.8, 4) is 0 Å². The van der Waals surface area contributed by atoms with Crippen LogP contribution in [0.25, 0.3) is 0 Å². The molecule has 1 saturated carbocycles. The minimum Gasteiger partial charge on any atom is -0.478 e. The average molecular weight is 345 g/mol. The van der Waals surface area contributed by atoms with Gasteiger partial charge in [-0.2, -0.15) is 0 Å². The standard InChI is InChI=1S/C19H17F2NO3/c20-14-5-6-15(16(21)11-14)19(7-2-8-19)22-17(23)10-12-3-1-4-13(9-12)18(24)25/h1,3-6,9,11H,2,7-8,10H2,(H,22,23)(H,24,25). The van der Waals surface area contributed by atoms with Gasteiger partial charge in [-0.05, 0) is 43.0 Å². The summed E-state index contributed by atoms with van der Waals surface area (Å²) >= 11 is 0. The highest BCUT2D eigenvalue weighted by Crippen LogP contribution is 2.42. The van der Waals surface area contributed by atoms with E-state index in [1.165, 1.54) is 24.3 Å². The van der Waals surface area contributed by atoms with Crippen molar-refractivity contribution in [3.05, 3.63) is 70.8 Å². The van der Waals surface area contributed by atoms with E-state index in [2.05, 4.69) is 5.32 Å². The molecule has 0 heterocycles. The van der Waals surface area contributed by atoms with Gasteiger partial charge >= 0.3 is 5.97 Å². The molecule has 0 radical (unpaired) electrons. The summed E-state index contributed by atoms with van der Waals surface area (Å²) in [5, 5.41) is 11.9. The highest BCUT2D eigenvalue weighted by molar-refractivity contribution is 5.88. The van der Waals surface area contributed by atoms with Crippen molar-refractivity contribution in [3.63, 3.8) is 0 Å². The molecule has 2 N–H and O–H groups in total. The number of benzene rings is 2. The maximum atomic E-state index is 14.1. The Hall–Kier alpha value is -2.76. The van der Waals surface area contributed by atoms with Gasteiger partial charge in [-0.15, -0.1) is 0 Å². The number of carboxylic acids is 1. The number of aromatic carboxylic acids is 1. The topological polar surface area (TPSA) is 66.4 Å². The van der Waals surface area contributed by atoms with E-state index < -0.39 is 23.1 Å². The molecule has 0 saturated heterocycles. The van der Waals surface area contributed by atoms with Crippen LogP contribution in [-0.4, -0.2) is 17.0 Å². The predicted octanol–water partition coefficient (Wildman–Crippen LogP) is 3.40. The molecule has 3 rings (SSSR count). The molecule has 130 valence electrons. The Bertz CT molecular complexity index is 831. The highest BCUT2D eigenvalue weighted by atomic mass is 19.1. The molecule has 2 aromatic carbocycles. The van der Waals surface area contributed by atoms with Crippen LogP contribution in [-0.2, 0) is 16.8 Å². The van der Waals surface area contributed by atoms with Gasteiger partial charge in [-0.1, -0.05) is 18.2 Å². The van der Waals surface area contributed by atoms with Crippen molar-refractivity contribution in [2.24, 2.45) is 0 Å². The van der Waals surface area contributed by atoms with E-state index in [4.69, 9.17) is 5.11 Å². The van der Waals surface area contributed by atoms with Crippen molar-refractivity contribution in [2.45, 2.75) is 31.2 Å². The number of rotatable bonds is 5. The molecule has 0 bridgehead atoms. The summed E-state index contributed by atoms with van der Waals surface area (Å²) in [6, 6.07) is 9.50. The van der Waals surface area contributed by atoms with Crippen LogP contribution in [0.15, 0.2) is 42.5 Å². The molecule has 0 unspecified atom stereocenters. The van der Waals surface area contributed by atoms with Gasteiger partial charge in [-0.25, -0.2) is 13.6 Å². The van der Waals surface area contributed by atoms with Crippen LogP contribution in [0.4, 0.5) is 8.78 Å². The Morgan fingerprint density at radius 2 is 1.88 bits per heavy atom. The average Bonchev–Trinajstić information content (AvgIpc) is 2.51. The van der Waals surface area contributed by atoms with Crippen LogP contribution in [0.3, 0.4) is 0 Å². The fraction of sp³-hybridized carbons (Fsp3) is 0.263. The zero-order valence-corrected chi connectivity index (χ0v) is 13.4. The van der Waals surface area contributed by atoms with E-state index >= 15 is 0 Å². The summed E-state index contributed by atoms with van der Waals surface area (Å²) < 4.78 is 27.3. The SMILES string of the molecule is O=C(Cc1cccc(C(=O)O)c1)NC1(c2ccc(F)cc2F)CCC1. The fourth-order valence-corrected chi connectivity index (χ4v) is 3.18. The van der Waals surface area contributed by atoms with Crippen LogP contribution >= 0.6 is 0 Å². The number of halogens is 2. The number of nitrogens with one attached hydrogen (secondary N) is 1. The van der Waals surface area contributed by atoms with Crippen molar-refractivity contribution in [1.29, 1.82) is 0 Å². The molecule has 4 nitrogen and oxygen atoms in total. The smallest absolute Gasteiger partial charge is 0.335 e. The van der Waals surface area contributed by atoms with Gasteiger partial charge in [0.2, 0.25) is 5.91 Å². The van der Waals surface area contributed by atoms with E-state index in [0.29, 0.717) is 18.4 Å². The molecule has 6 heteroatoms. The summed E-state index contributed by atoms with van der Waals surface area (Å²) in [5.74, 6) is -2.72. The second-order valence-corrected chi connectivity index (χ2v) is 6.29. The summed E-state index contributed by atoms with van der Waals surface area (Å²) in [6.07, 6.45) is 1.99. The number of amides is 1. The molecule has 25 heavy (non-hydrogen) atoms. The maximum Gasteiger partial charge on any atom is 0.335 e. The maximum absolute atomic E-state index is 14.1. The molecule has 1 aliphatic rings. The van der Waals surface area contributed by atoms with Crippen LogP contribution in [0, 0.1) is 11.6 Å². The summed E-state index contributed by atoms with van der Waals surface area (Å²) in [6.45, 7) is 0. The lowest BCUT2D eigenvalue weighted by Crippen LogP contribution is -2.51. The van der Waals surface area contributed by atoms with Crippen LogP contribution in [0.1, 0.15) is 40.7 Å². The molecule has 1 fully saturated rings. The molecular weight excluding hydrogens is 328 g/mol. The van der Waals surface area contributed by atoms with Crippen molar-refractivity contribution < 1.29 is 23.5 Å². The molecule has 1 amide bonds.